The molecule has 0 atom stereocenters. The highest BCUT2D eigenvalue weighted by atomic mass is 16.5. The highest BCUT2D eigenvalue weighted by molar-refractivity contribution is 5.32. The van der Waals surface area contributed by atoms with Crippen molar-refractivity contribution in [3.63, 3.8) is 0 Å². The quantitative estimate of drug-likeness (QED) is 0.772. The van der Waals surface area contributed by atoms with Gasteiger partial charge in [-0.3, -0.25) is 4.79 Å². The maximum atomic E-state index is 11.2. The van der Waals surface area contributed by atoms with E-state index in [2.05, 4.69) is 9.97 Å². The zero-order valence-electron chi connectivity index (χ0n) is 7.68. The number of aromatic nitrogens is 2. The Bertz CT molecular complexity index is 505. The van der Waals surface area contributed by atoms with Crippen molar-refractivity contribution in [2.45, 2.75) is 0 Å². The molecule has 2 aromatic rings. The topological polar surface area (TPSA) is 75.2 Å². The number of nitrogens with one attached hydrogen (secondary N) is 1. The second kappa shape index (κ2) is 3.83. The fourth-order valence-electron chi connectivity index (χ4n) is 1.04. The van der Waals surface area contributed by atoms with E-state index in [4.69, 9.17) is 9.84 Å². The molecular formula is C10H8N2O3. The second-order valence-electron chi connectivity index (χ2n) is 2.82. The molecule has 1 heterocycles. The van der Waals surface area contributed by atoms with Crippen LogP contribution in [0.15, 0.2) is 41.5 Å². The summed E-state index contributed by atoms with van der Waals surface area (Å²) in [5, 5.41) is 9.04. The summed E-state index contributed by atoms with van der Waals surface area (Å²) >= 11 is 0. The molecule has 0 saturated heterocycles. The number of hydrogen-bond acceptors (Lipinski definition) is 4. The minimum atomic E-state index is -0.398. The number of aromatic amines is 1. The van der Waals surface area contributed by atoms with Crippen LogP contribution in [0.2, 0.25) is 0 Å². The van der Waals surface area contributed by atoms with E-state index in [1.165, 1.54) is 24.5 Å². The van der Waals surface area contributed by atoms with Gasteiger partial charge in [0.25, 0.3) is 5.88 Å². The second-order valence-corrected chi connectivity index (χ2v) is 2.82. The molecule has 0 fully saturated rings. The van der Waals surface area contributed by atoms with Crippen LogP contribution in [0.1, 0.15) is 0 Å². The van der Waals surface area contributed by atoms with Crippen LogP contribution in [-0.2, 0) is 0 Å². The van der Waals surface area contributed by atoms with E-state index in [-0.39, 0.29) is 11.6 Å². The van der Waals surface area contributed by atoms with E-state index in [1.54, 1.807) is 12.1 Å². The van der Waals surface area contributed by atoms with Gasteiger partial charge in [-0.05, 0) is 24.3 Å². The van der Waals surface area contributed by atoms with Crippen molar-refractivity contribution in [1.82, 2.24) is 9.97 Å². The highest BCUT2D eigenvalue weighted by Crippen LogP contribution is 2.19. The average Bonchev–Trinajstić information content (AvgIpc) is 2.25. The van der Waals surface area contributed by atoms with Crippen molar-refractivity contribution in [2.24, 2.45) is 0 Å². The molecule has 0 unspecified atom stereocenters. The Kier molecular flexibility index (Phi) is 2.37. The van der Waals surface area contributed by atoms with Crippen LogP contribution in [-0.4, -0.2) is 15.1 Å². The predicted molar refractivity (Wildman–Crippen MR) is 53.0 cm³/mol. The fourth-order valence-corrected chi connectivity index (χ4v) is 1.04. The molecule has 1 aromatic heterocycles. The van der Waals surface area contributed by atoms with Crippen molar-refractivity contribution >= 4 is 0 Å². The molecule has 0 aliphatic heterocycles. The van der Waals surface area contributed by atoms with Gasteiger partial charge >= 0.3 is 5.56 Å². The maximum Gasteiger partial charge on any atom is 0.311 e. The number of aromatic hydroxyl groups is 1. The molecule has 0 saturated carbocycles. The summed E-state index contributed by atoms with van der Waals surface area (Å²) in [6, 6.07) is 6.02. The standard InChI is InChI=1S/C10H8N2O3/c13-7-1-3-8(4-2-7)15-10-9(14)11-5-6-12-10/h1-6,13H,(H,11,14). The SMILES string of the molecule is O=c1[nH]ccnc1Oc1ccc(O)cc1. The molecule has 0 aliphatic carbocycles. The highest BCUT2D eigenvalue weighted by Gasteiger charge is 2.02. The fraction of sp³-hybridized carbons (Fsp3) is 0. The first kappa shape index (κ1) is 9.26. The smallest absolute Gasteiger partial charge is 0.311 e. The van der Waals surface area contributed by atoms with Gasteiger partial charge in [-0.15, -0.1) is 0 Å². The lowest BCUT2D eigenvalue weighted by atomic mass is 10.3. The van der Waals surface area contributed by atoms with Gasteiger partial charge in [-0.25, -0.2) is 4.98 Å². The molecular weight excluding hydrogens is 196 g/mol. The third kappa shape index (κ3) is 2.14. The first-order valence-electron chi connectivity index (χ1n) is 4.26. The molecule has 2 rings (SSSR count). The van der Waals surface area contributed by atoms with Crippen LogP contribution in [0.5, 0.6) is 17.4 Å². The van der Waals surface area contributed by atoms with Gasteiger partial charge in [0.1, 0.15) is 11.5 Å². The molecule has 5 nitrogen and oxygen atoms in total. The van der Waals surface area contributed by atoms with E-state index >= 15 is 0 Å². The number of hydrogen-bond donors (Lipinski definition) is 2. The third-order valence-corrected chi connectivity index (χ3v) is 1.73. The van der Waals surface area contributed by atoms with Crippen LogP contribution >= 0.6 is 0 Å². The first-order valence-corrected chi connectivity index (χ1v) is 4.26. The molecule has 76 valence electrons. The van der Waals surface area contributed by atoms with Gasteiger partial charge in [0.05, 0.1) is 0 Å². The normalized spacial score (nSPS) is 9.87. The van der Waals surface area contributed by atoms with Crippen molar-refractivity contribution in [3.8, 4) is 17.4 Å². The predicted octanol–water partition coefficient (Wildman–Crippen LogP) is 1.27. The van der Waals surface area contributed by atoms with E-state index in [9.17, 15) is 4.79 Å². The number of H-pyrrole nitrogens is 1. The monoisotopic (exact) mass is 204 g/mol. The minimum Gasteiger partial charge on any atom is -0.508 e. The summed E-state index contributed by atoms with van der Waals surface area (Å²) in [6.45, 7) is 0. The number of ether oxygens (including phenoxy) is 1. The maximum absolute atomic E-state index is 11.2. The van der Waals surface area contributed by atoms with Crippen LogP contribution in [0.3, 0.4) is 0 Å². The largest absolute Gasteiger partial charge is 0.508 e. The van der Waals surface area contributed by atoms with Gasteiger partial charge in [0, 0.05) is 12.4 Å². The lowest BCUT2D eigenvalue weighted by molar-refractivity contribution is 0.447. The molecule has 0 bridgehead atoms. The van der Waals surface area contributed by atoms with Gasteiger partial charge < -0.3 is 14.8 Å². The Morgan fingerprint density at radius 3 is 2.67 bits per heavy atom. The molecule has 1 aromatic carbocycles. The summed E-state index contributed by atoms with van der Waals surface area (Å²) in [6.07, 6.45) is 2.85. The number of phenolic OH excluding ortho intramolecular Hbond substituents is 1. The summed E-state index contributed by atoms with van der Waals surface area (Å²) < 4.78 is 5.20. The van der Waals surface area contributed by atoms with Crippen molar-refractivity contribution in [2.75, 3.05) is 0 Å². The average molecular weight is 204 g/mol. The first-order chi connectivity index (χ1) is 7.25. The van der Waals surface area contributed by atoms with E-state index in [0.717, 1.165) is 0 Å². The van der Waals surface area contributed by atoms with E-state index < -0.39 is 5.56 Å². The number of benzene rings is 1. The molecule has 5 heteroatoms. The Morgan fingerprint density at radius 2 is 2.00 bits per heavy atom. The Balaban J connectivity index is 2.26. The van der Waals surface area contributed by atoms with E-state index in [1.807, 2.05) is 0 Å². The van der Waals surface area contributed by atoms with Crippen molar-refractivity contribution < 1.29 is 9.84 Å². The Labute approximate surface area is 85.0 Å². The van der Waals surface area contributed by atoms with Gasteiger partial charge in [0.15, 0.2) is 0 Å². The lowest BCUT2D eigenvalue weighted by Gasteiger charge is -2.02. The summed E-state index contributed by atoms with van der Waals surface area (Å²) in [5.74, 6) is 0.553. The van der Waals surface area contributed by atoms with Crippen molar-refractivity contribution in [1.29, 1.82) is 0 Å². The van der Waals surface area contributed by atoms with Gasteiger partial charge in [0.2, 0.25) is 0 Å². The summed E-state index contributed by atoms with van der Waals surface area (Å²) in [4.78, 5) is 17.4. The zero-order chi connectivity index (χ0) is 10.7. The molecule has 0 spiro atoms. The molecule has 15 heavy (non-hydrogen) atoms. The van der Waals surface area contributed by atoms with Crippen LogP contribution in [0.4, 0.5) is 0 Å². The number of phenols is 1. The number of nitrogens with zero attached hydrogens (tertiary/aromatic N) is 1. The van der Waals surface area contributed by atoms with Crippen molar-refractivity contribution in [3.05, 3.63) is 47.0 Å². The minimum absolute atomic E-state index is 0.0248. The van der Waals surface area contributed by atoms with E-state index in [0.29, 0.717) is 5.75 Å². The lowest BCUT2D eigenvalue weighted by Crippen LogP contribution is -2.09. The van der Waals surface area contributed by atoms with Gasteiger partial charge in [-0.1, -0.05) is 0 Å². The van der Waals surface area contributed by atoms with Crippen LogP contribution < -0.4 is 10.3 Å². The third-order valence-electron chi connectivity index (χ3n) is 1.73. The summed E-state index contributed by atoms with van der Waals surface area (Å²) in [7, 11) is 0. The van der Waals surface area contributed by atoms with Crippen LogP contribution in [0.25, 0.3) is 0 Å². The molecule has 2 N–H and O–H groups in total. The van der Waals surface area contributed by atoms with Crippen LogP contribution in [0, 0.1) is 0 Å². The Hall–Kier alpha value is -2.30. The zero-order valence-corrected chi connectivity index (χ0v) is 7.68. The molecule has 0 radical (unpaired) electrons. The summed E-state index contributed by atoms with van der Waals surface area (Å²) in [5.41, 5.74) is -0.398. The Morgan fingerprint density at radius 1 is 1.27 bits per heavy atom. The van der Waals surface area contributed by atoms with Gasteiger partial charge in [-0.2, -0.15) is 0 Å². The number of rotatable bonds is 2. The molecule has 0 aliphatic rings. The molecule has 0 amide bonds.